The molecule has 5 rings (SSSR count). The van der Waals surface area contributed by atoms with Crippen molar-refractivity contribution in [1.29, 1.82) is 0 Å². The van der Waals surface area contributed by atoms with Crippen LogP contribution in [-0.2, 0) is 13.6 Å². The van der Waals surface area contributed by atoms with Crippen molar-refractivity contribution < 1.29 is 35.9 Å². The van der Waals surface area contributed by atoms with Gasteiger partial charge in [-0.05, 0) is 57.0 Å². The van der Waals surface area contributed by atoms with Gasteiger partial charge in [-0.3, -0.25) is 15.1 Å². The Bertz CT molecular complexity index is 1630. The van der Waals surface area contributed by atoms with Crippen LogP contribution in [0.1, 0.15) is 35.8 Å². The van der Waals surface area contributed by atoms with E-state index in [1.165, 1.54) is 45.8 Å². The van der Waals surface area contributed by atoms with Crippen LogP contribution in [0.5, 0.6) is 5.88 Å². The molecule has 3 aromatic heterocycles. The van der Waals surface area contributed by atoms with E-state index in [1.54, 1.807) is 14.0 Å². The van der Waals surface area contributed by atoms with Gasteiger partial charge in [-0.1, -0.05) is 0 Å². The third-order valence-corrected chi connectivity index (χ3v) is 7.03. The van der Waals surface area contributed by atoms with Crippen molar-refractivity contribution >= 4 is 28.6 Å². The highest BCUT2D eigenvalue weighted by atomic mass is 19.4. The smallest absolute Gasteiger partial charge is 0.408 e. The van der Waals surface area contributed by atoms with Crippen molar-refractivity contribution in [2.24, 2.45) is 13.0 Å². The Balaban J connectivity index is 1.60. The minimum absolute atomic E-state index is 0.0288. The molecule has 0 unspecified atom stereocenters. The van der Waals surface area contributed by atoms with Crippen LogP contribution in [0.25, 0.3) is 22.3 Å². The molecule has 2 bridgehead atoms. The van der Waals surface area contributed by atoms with E-state index in [4.69, 9.17) is 4.74 Å². The lowest BCUT2D eigenvalue weighted by molar-refractivity contribution is -0.180. The van der Waals surface area contributed by atoms with Crippen molar-refractivity contribution in [3.63, 3.8) is 0 Å². The van der Waals surface area contributed by atoms with E-state index in [0.29, 0.717) is 22.8 Å². The van der Waals surface area contributed by atoms with E-state index in [1.807, 2.05) is 0 Å². The van der Waals surface area contributed by atoms with Crippen LogP contribution in [0, 0.1) is 12.8 Å². The van der Waals surface area contributed by atoms with Gasteiger partial charge in [0.1, 0.15) is 6.04 Å². The van der Waals surface area contributed by atoms with Crippen LogP contribution in [0.2, 0.25) is 0 Å². The molecule has 0 saturated carbocycles. The number of amides is 1. The number of aromatic nitrogens is 5. The third-order valence-electron chi connectivity index (χ3n) is 7.03. The molecule has 0 fully saturated rings. The molecule has 4 heterocycles. The number of imidazole rings is 1. The Labute approximate surface area is 235 Å². The number of carbonyl (C=O) groups excluding carboxylic acids is 1. The summed E-state index contributed by atoms with van der Waals surface area (Å²) in [5.74, 6) is -2.36. The maximum Gasteiger partial charge on any atom is 0.408 e. The fourth-order valence-electron chi connectivity index (χ4n) is 4.79. The lowest BCUT2D eigenvalue weighted by Crippen LogP contribution is -2.33. The summed E-state index contributed by atoms with van der Waals surface area (Å²) in [5, 5.41) is 9.11. The molecule has 2 N–H and O–H groups in total. The number of alkyl halides is 6. The van der Waals surface area contributed by atoms with Gasteiger partial charge in [0.2, 0.25) is 11.8 Å². The number of aryl methyl sites for hydroxylation is 2. The average molecular weight is 596 g/mol. The number of hydrogen-bond acceptors (Lipinski definition) is 6. The first-order valence-corrected chi connectivity index (χ1v) is 13.1. The Morgan fingerprint density at radius 1 is 1.12 bits per heavy atom. The minimum Gasteiger partial charge on any atom is -0.477 e. The number of anilines is 2. The lowest BCUT2D eigenvalue weighted by Gasteiger charge is -2.22. The van der Waals surface area contributed by atoms with Crippen LogP contribution in [0.4, 0.5) is 38.0 Å². The zero-order chi connectivity index (χ0) is 30.4. The van der Waals surface area contributed by atoms with Crippen molar-refractivity contribution in [3.05, 3.63) is 47.8 Å². The summed E-state index contributed by atoms with van der Waals surface area (Å²) in [6, 6.07) is 5.16. The number of carbonyl (C=O) groups is 1. The van der Waals surface area contributed by atoms with E-state index in [0.717, 1.165) is 6.92 Å². The number of hydrogen-bond donors (Lipinski definition) is 2. The molecule has 1 aliphatic heterocycles. The normalized spacial score (nSPS) is 17.4. The summed E-state index contributed by atoms with van der Waals surface area (Å²) >= 11 is 0. The number of nitrogens with zero attached hydrogens (tertiary/aromatic N) is 5. The van der Waals surface area contributed by atoms with Gasteiger partial charge < -0.3 is 14.6 Å². The van der Waals surface area contributed by atoms with Crippen molar-refractivity contribution in [3.8, 4) is 17.1 Å². The van der Waals surface area contributed by atoms with Crippen molar-refractivity contribution in [2.45, 2.75) is 51.6 Å². The van der Waals surface area contributed by atoms with Gasteiger partial charge in [-0.25, -0.2) is 9.67 Å². The molecule has 1 aromatic carbocycles. The molecule has 2 atom stereocenters. The second kappa shape index (κ2) is 10.8. The maximum atomic E-state index is 14.2. The van der Waals surface area contributed by atoms with Crippen molar-refractivity contribution in [2.75, 3.05) is 17.2 Å². The summed E-state index contributed by atoms with van der Waals surface area (Å²) in [5.41, 5.74) is 1.92. The molecule has 0 aliphatic carbocycles. The topological polar surface area (TPSA) is 98.9 Å². The summed E-state index contributed by atoms with van der Waals surface area (Å²) in [4.78, 5) is 22.2. The lowest BCUT2D eigenvalue weighted by atomic mass is 10.0. The number of pyridine rings is 1. The van der Waals surface area contributed by atoms with Gasteiger partial charge in [0.05, 0.1) is 41.0 Å². The Kier molecular flexibility index (Phi) is 7.53. The molecule has 4 aromatic rings. The maximum absolute atomic E-state index is 14.2. The number of halogens is 6. The van der Waals surface area contributed by atoms with Crippen LogP contribution in [0.3, 0.4) is 0 Å². The quantitative estimate of drug-likeness (QED) is 0.272. The molecule has 0 radical (unpaired) electrons. The molecule has 1 amide bonds. The third kappa shape index (κ3) is 5.99. The number of rotatable bonds is 2. The molecule has 9 nitrogen and oxygen atoms in total. The predicted octanol–water partition coefficient (Wildman–Crippen LogP) is 6.11. The monoisotopic (exact) mass is 595 g/mol. The first-order chi connectivity index (χ1) is 19.7. The molecular formula is C27H27F6N7O2. The van der Waals surface area contributed by atoms with E-state index < -0.39 is 36.8 Å². The Morgan fingerprint density at radius 2 is 1.88 bits per heavy atom. The molecular weight excluding hydrogens is 568 g/mol. The number of fused-ring (bicyclic) bond motifs is 7. The minimum atomic E-state index is -4.60. The van der Waals surface area contributed by atoms with E-state index in [2.05, 4.69) is 25.7 Å². The number of ether oxygens (including phenoxy) is 1. The predicted molar refractivity (Wildman–Crippen MR) is 142 cm³/mol. The zero-order valence-corrected chi connectivity index (χ0v) is 22.8. The molecule has 0 saturated heterocycles. The van der Waals surface area contributed by atoms with Gasteiger partial charge in [0, 0.05) is 30.5 Å². The summed E-state index contributed by atoms with van der Waals surface area (Å²) in [6.07, 6.45) is -7.85. The van der Waals surface area contributed by atoms with E-state index >= 15 is 0 Å². The average Bonchev–Trinajstić information content (AvgIpc) is 3.42. The first-order valence-electron chi connectivity index (χ1n) is 13.1. The second-order valence-electron chi connectivity index (χ2n) is 10.2. The van der Waals surface area contributed by atoms with E-state index in [9.17, 15) is 31.1 Å². The number of benzene rings is 1. The first kappa shape index (κ1) is 29.2. The van der Waals surface area contributed by atoms with Gasteiger partial charge in [-0.2, -0.15) is 31.4 Å². The van der Waals surface area contributed by atoms with E-state index in [-0.39, 0.29) is 47.7 Å². The molecule has 42 heavy (non-hydrogen) atoms. The summed E-state index contributed by atoms with van der Waals surface area (Å²) in [6.45, 7) is 2.02. The van der Waals surface area contributed by atoms with Crippen LogP contribution in [-0.4, -0.2) is 55.2 Å². The Morgan fingerprint density at radius 3 is 2.60 bits per heavy atom. The van der Waals surface area contributed by atoms with Crippen LogP contribution < -0.4 is 15.4 Å². The highest BCUT2D eigenvalue weighted by molar-refractivity contribution is 6.05. The van der Waals surface area contributed by atoms with Crippen LogP contribution >= 0.6 is 0 Å². The highest BCUT2D eigenvalue weighted by Crippen LogP contribution is 2.36. The number of nitrogens with one attached hydrogen (secondary N) is 2. The zero-order valence-electron chi connectivity index (χ0n) is 22.8. The SMILES string of the molecule is Cc1cc2cc(n1)-c1cnn(C)c1OCCC[C@@H](C(F)(F)F)Cn1c(nc3cc(N[C@H](C)C(F)(F)F)ccc31)NC2=O. The molecule has 1 aliphatic rings. The highest BCUT2D eigenvalue weighted by Gasteiger charge is 2.40. The van der Waals surface area contributed by atoms with Gasteiger partial charge >= 0.3 is 12.4 Å². The van der Waals surface area contributed by atoms with Gasteiger partial charge in [0.15, 0.2) is 0 Å². The summed E-state index contributed by atoms with van der Waals surface area (Å²) < 4.78 is 90.5. The summed E-state index contributed by atoms with van der Waals surface area (Å²) in [7, 11) is 1.63. The van der Waals surface area contributed by atoms with Crippen LogP contribution in [0.15, 0.2) is 36.5 Å². The molecule has 0 spiro atoms. The van der Waals surface area contributed by atoms with Gasteiger partial charge in [-0.15, -0.1) is 0 Å². The standard InChI is InChI=1S/C27H27F6N7O2/c1-14-9-16-10-20(35-14)19-12-34-39(3)24(19)42-8-4-5-17(27(31,32)33)13-40-22-7-6-18(36-15(2)26(28,29)30)11-21(22)37-25(40)38-23(16)41/h6-7,9-12,15,17,36H,4-5,8,13H2,1-3H3,(H,37,38,41)/t15-,17-/m1/s1. The fourth-order valence-corrected chi connectivity index (χ4v) is 4.79. The largest absolute Gasteiger partial charge is 0.477 e. The molecule has 224 valence electrons. The van der Waals surface area contributed by atoms with Gasteiger partial charge in [0.25, 0.3) is 5.91 Å². The fraction of sp³-hybridized carbons (Fsp3) is 0.407. The van der Waals surface area contributed by atoms with Crippen molar-refractivity contribution in [1.82, 2.24) is 24.3 Å². The second-order valence-corrected chi connectivity index (χ2v) is 10.2. The Hall–Kier alpha value is -4.30. The molecule has 15 heteroatoms.